The molecule has 88 valence electrons. The van der Waals surface area contributed by atoms with Gasteiger partial charge in [-0.25, -0.2) is 12.8 Å². The highest BCUT2D eigenvalue weighted by Gasteiger charge is 2.28. The third kappa shape index (κ3) is 2.25. The molecule has 0 aliphatic carbocycles. The minimum Gasteiger partial charge on any atom is -0.315 e. The molecule has 1 aromatic rings. The van der Waals surface area contributed by atoms with Crippen molar-refractivity contribution in [2.24, 2.45) is 0 Å². The first-order valence-corrected chi connectivity index (χ1v) is 6.85. The maximum atomic E-state index is 12.7. The standard InChI is InChI=1S/C11H14FNO2S/c12-9-3-5-10(6-4-9)16(14,15)11-2-1-7-13-8-11/h3-6,11,13H,1-2,7-8H2/t11-/m1/s1. The fraction of sp³-hybridized carbons (Fsp3) is 0.455. The van der Waals surface area contributed by atoms with Crippen LogP contribution in [0.5, 0.6) is 0 Å². The molecule has 0 amide bonds. The van der Waals surface area contributed by atoms with Gasteiger partial charge in [0, 0.05) is 6.54 Å². The molecule has 0 saturated carbocycles. The number of nitrogens with one attached hydrogen (secondary N) is 1. The van der Waals surface area contributed by atoms with Crippen LogP contribution in [0, 0.1) is 5.82 Å². The topological polar surface area (TPSA) is 46.2 Å². The van der Waals surface area contributed by atoms with E-state index in [1.54, 1.807) is 0 Å². The predicted octanol–water partition coefficient (Wildman–Crippen LogP) is 1.35. The monoisotopic (exact) mass is 243 g/mol. The van der Waals surface area contributed by atoms with Gasteiger partial charge >= 0.3 is 0 Å². The van der Waals surface area contributed by atoms with Gasteiger partial charge in [0.15, 0.2) is 9.84 Å². The molecule has 3 nitrogen and oxygen atoms in total. The van der Waals surface area contributed by atoms with Gasteiger partial charge in [0.2, 0.25) is 0 Å². The second-order valence-electron chi connectivity index (χ2n) is 3.97. The van der Waals surface area contributed by atoms with E-state index in [1.165, 1.54) is 24.3 Å². The first-order valence-electron chi connectivity index (χ1n) is 5.31. The Hall–Kier alpha value is -0.940. The number of hydrogen-bond donors (Lipinski definition) is 1. The van der Waals surface area contributed by atoms with Crippen molar-refractivity contribution in [3.63, 3.8) is 0 Å². The van der Waals surface area contributed by atoms with Gasteiger partial charge in [-0.1, -0.05) is 0 Å². The van der Waals surface area contributed by atoms with E-state index in [0.29, 0.717) is 13.0 Å². The van der Waals surface area contributed by atoms with E-state index in [4.69, 9.17) is 0 Å². The van der Waals surface area contributed by atoms with E-state index < -0.39 is 15.7 Å². The molecule has 1 saturated heterocycles. The Morgan fingerprint density at radius 2 is 1.94 bits per heavy atom. The minimum atomic E-state index is -3.31. The van der Waals surface area contributed by atoms with Crippen molar-refractivity contribution in [2.45, 2.75) is 23.0 Å². The van der Waals surface area contributed by atoms with E-state index in [-0.39, 0.29) is 10.1 Å². The molecular formula is C11H14FNO2S. The van der Waals surface area contributed by atoms with Crippen LogP contribution in [-0.2, 0) is 9.84 Å². The maximum absolute atomic E-state index is 12.7. The summed E-state index contributed by atoms with van der Waals surface area (Å²) >= 11 is 0. The highest BCUT2D eigenvalue weighted by atomic mass is 32.2. The van der Waals surface area contributed by atoms with Crippen LogP contribution in [0.4, 0.5) is 4.39 Å². The Balaban J connectivity index is 2.27. The van der Waals surface area contributed by atoms with E-state index in [0.717, 1.165) is 13.0 Å². The minimum absolute atomic E-state index is 0.211. The van der Waals surface area contributed by atoms with Crippen LogP contribution >= 0.6 is 0 Å². The molecule has 1 heterocycles. The van der Waals surface area contributed by atoms with Crippen molar-refractivity contribution in [1.29, 1.82) is 0 Å². The average molecular weight is 243 g/mol. The van der Waals surface area contributed by atoms with E-state index in [2.05, 4.69) is 5.32 Å². The summed E-state index contributed by atoms with van der Waals surface area (Å²) in [5.74, 6) is -0.416. The van der Waals surface area contributed by atoms with Gasteiger partial charge in [-0.05, 0) is 43.7 Å². The van der Waals surface area contributed by atoms with Crippen molar-refractivity contribution < 1.29 is 12.8 Å². The second-order valence-corrected chi connectivity index (χ2v) is 6.20. The Bertz CT molecular complexity index is 449. The Morgan fingerprint density at radius 1 is 1.25 bits per heavy atom. The van der Waals surface area contributed by atoms with Crippen molar-refractivity contribution >= 4 is 9.84 Å². The summed E-state index contributed by atoms with van der Waals surface area (Å²) in [4.78, 5) is 0.211. The summed E-state index contributed by atoms with van der Waals surface area (Å²) in [6.45, 7) is 1.36. The molecule has 0 aromatic heterocycles. The van der Waals surface area contributed by atoms with E-state index in [1.807, 2.05) is 0 Å². The van der Waals surface area contributed by atoms with E-state index >= 15 is 0 Å². The van der Waals surface area contributed by atoms with Crippen LogP contribution in [0.2, 0.25) is 0 Å². The lowest BCUT2D eigenvalue weighted by molar-refractivity contribution is 0.496. The molecule has 0 bridgehead atoms. The normalized spacial score (nSPS) is 21.9. The summed E-state index contributed by atoms with van der Waals surface area (Å²) in [5, 5.41) is 2.69. The van der Waals surface area contributed by atoms with Crippen LogP contribution in [0.15, 0.2) is 29.2 Å². The molecule has 0 radical (unpaired) electrons. The molecule has 1 atom stereocenters. The third-order valence-electron chi connectivity index (χ3n) is 2.83. The quantitative estimate of drug-likeness (QED) is 0.798. The van der Waals surface area contributed by atoms with Crippen LogP contribution in [0.3, 0.4) is 0 Å². The first kappa shape index (κ1) is 11.5. The Morgan fingerprint density at radius 3 is 2.50 bits per heavy atom. The molecule has 0 spiro atoms. The predicted molar refractivity (Wildman–Crippen MR) is 59.5 cm³/mol. The number of benzene rings is 1. The van der Waals surface area contributed by atoms with E-state index in [9.17, 15) is 12.8 Å². The smallest absolute Gasteiger partial charge is 0.182 e. The molecule has 0 unspecified atom stereocenters. The fourth-order valence-corrected chi connectivity index (χ4v) is 3.62. The van der Waals surface area contributed by atoms with Crippen LogP contribution < -0.4 is 5.32 Å². The lowest BCUT2D eigenvalue weighted by atomic mass is 10.2. The molecule has 1 N–H and O–H groups in total. The number of rotatable bonds is 2. The van der Waals surface area contributed by atoms with Gasteiger partial charge in [-0.2, -0.15) is 0 Å². The lowest BCUT2D eigenvalue weighted by Crippen LogP contribution is -2.38. The van der Waals surface area contributed by atoms with Gasteiger partial charge < -0.3 is 5.32 Å². The zero-order valence-electron chi connectivity index (χ0n) is 8.82. The van der Waals surface area contributed by atoms with Gasteiger partial charge in [0.25, 0.3) is 0 Å². The Labute approximate surface area is 94.6 Å². The van der Waals surface area contributed by atoms with Crippen LogP contribution in [0.1, 0.15) is 12.8 Å². The average Bonchev–Trinajstić information content (AvgIpc) is 2.31. The molecule has 1 aliphatic rings. The summed E-state index contributed by atoms with van der Waals surface area (Å²) in [7, 11) is -3.31. The summed E-state index contributed by atoms with van der Waals surface area (Å²) < 4.78 is 37.0. The lowest BCUT2D eigenvalue weighted by Gasteiger charge is -2.22. The zero-order valence-corrected chi connectivity index (χ0v) is 9.63. The first-order chi connectivity index (χ1) is 7.60. The SMILES string of the molecule is O=S(=O)(c1ccc(F)cc1)[C@@H]1CCCNC1. The van der Waals surface area contributed by atoms with Gasteiger partial charge in [-0.15, -0.1) is 0 Å². The van der Waals surface area contributed by atoms with Gasteiger partial charge in [0.1, 0.15) is 5.82 Å². The maximum Gasteiger partial charge on any atom is 0.182 e. The Kier molecular flexibility index (Phi) is 3.25. The van der Waals surface area contributed by atoms with Crippen LogP contribution in [0.25, 0.3) is 0 Å². The van der Waals surface area contributed by atoms with Crippen LogP contribution in [-0.4, -0.2) is 26.8 Å². The number of sulfone groups is 1. The summed E-state index contributed by atoms with van der Waals surface area (Å²) in [6.07, 6.45) is 1.54. The number of hydrogen-bond acceptors (Lipinski definition) is 3. The van der Waals surface area contributed by atoms with Crippen molar-refractivity contribution in [3.8, 4) is 0 Å². The largest absolute Gasteiger partial charge is 0.315 e. The molecule has 2 rings (SSSR count). The summed E-state index contributed by atoms with van der Waals surface area (Å²) in [5.41, 5.74) is 0. The van der Waals surface area contributed by atoms with Crippen molar-refractivity contribution in [2.75, 3.05) is 13.1 Å². The highest BCUT2D eigenvalue weighted by molar-refractivity contribution is 7.92. The third-order valence-corrected chi connectivity index (χ3v) is 5.04. The molecule has 1 aromatic carbocycles. The molecule has 1 aliphatic heterocycles. The molecule has 5 heteroatoms. The van der Waals surface area contributed by atoms with Crippen molar-refractivity contribution in [1.82, 2.24) is 5.32 Å². The molecule has 16 heavy (non-hydrogen) atoms. The van der Waals surface area contributed by atoms with Gasteiger partial charge in [-0.3, -0.25) is 0 Å². The van der Waals surface area contributed by atoms with Crippen molar-refractivity contribution in [3.05, 3.63) is 30.1 Å². The second kappa shape index (κ2) is 4.51. The molecule has 1 fully saturated rings. The number of piperidine rings is 1. The highest BCUT2D eigenvalue weighted by Crippen LogP contribution is 2.21. The zero-order chi connectivity index (χ0) is 11.6. The number of halogens is 1. The summed E-state index contributed by atoms with van der Waals surface area (Å²) in [6, 6.07) is 5.03. The van der Waals surface area contributed by atoms with Gasteiger partial charge in [0.05, 0.1) is 10.1 Å². The fourth-order valence-electron chi connectivity index (χ4n) is 1.90. The molecular weight excluding hydrogens is 229 g/mol.